The second-order valence-electron chi connectivity index (χ2n) is 7.93. The summed E-state index contributed by atoms with van der Waals surface area (Å²) in [6, 6.07) is 18.9. The van der Waals surface area contributed by atoms with Crippen LogP contribution in [0.5, 0.6) is 0 Å². The average molecular weight is 473 g/mol. The van der Waals surface area contributed by atoms with E-state index in [-0.39, 0.29) is 22.6 Å². The van der Waals surface area contributed by atoms with Gasteiger partial charge in [0.05, 0.1) is 28.1 Å². The monoisotopic (exact) mass is 472 g/mol. The Kier molecular flexibility index (Phi) is 5.67. The molecule has 0 saturated heterocycles. The van der Waals surface area contributed by atoms with E-state index < -0.39 is 24.4 Å². The Labute approximate surface area is 200 Å². The molecular weight excluding hydrogens is 452 g/mol. The van der Waals surface area contributed by atoms with Crippen molar-refractivity contribution in [2.75, 3.05) is 28.7 Å². The van der Waals surface area contributed by atoms with Crippen molar-refractivity contribution >= 4 is 46.8 Å². The molecule has 0 bridgehead atoms. The highest BCUT2D eigenvalue weighted by Gasteiger charge is 2.38. The van der Waals surface area contributed by atoms with Crippen LogP contribution in [0.4, 0.5) is 11.4 Å². The van der Waals surface area contributed by atoms with Crippen LogP contribution in [0, 0.1) is 6.92 Å². The van der Waals surface area contributed by atoms with E-state index in [1.54, 1.807) is 28.8 Å². The lowest BCUT2D eigenvalue weighted by Gasteiger charge is -2.28. The molecule has 7 nitrogen and oxygen atoms in total. The van der Waals surface area contributed by atoms with Crippen molar-refractivity contribution < 1.29 is 23.9 Å². The molecule has 0 radical (unpaired) electrons. The summed E-state index contributed by atoms with van der Waals surface area (Å²) in [5, 5.41) is 0. The number of ether oxygens (including phenoxy) is 1. The van der Waals surface area contributed by atoms with Gasteiger partial charge in [-0.2, -0.15) is 0 Å². The molecule has 0 spiro atoms. The molecule has 2 aliphatic rings. The summed E-state index contributed by atoms with van der Waals surface area (Å²) >= 11 is 1.68. The van der Waals surface area contributed by atoms with Crippen molar-refractivity contribution in [3.63, 3.8) is 0 Å². The lowest BCUT2D eigenvalue weighted by Crippen LogP contribution is -2.38. The fourth-order valence-corrected chi connectivity index (χ4v) is 5.11. The maximum atomic E-state index is 13.0. The van der Waals surface area contributed by atoms with Gasteiger partial charge < -0.3 is 9.64 Å². The Morgan fingerprint density at radius 1 is 0.912 bits per heavy atom. The molecule has 0 fully saturated rings. The molecule has 34 heavy (non-hydrogen) atoms. The van der Waals surface area contributed by atoms with Crippen LogP contribution in [0.15, 0.2) is 71.6 Å². The average Bonchev–Trinajstić information content (AvgIpc) is 3.11. The number of anilines is 2. The Hall–Kier alpha value is -3.91. The third-order valence-corrected chi connectivity index (χ3v) is 6.88. The first-order valence-electron chi connectivity index (χ1n) is 10.7. The van der Waals surface area contributed by atoms with Crippen LogP contribution < -0.4 is 9.80 Å². The fourth-order valence-electron chi connectivity index (χ4n) is 4.12. The minimum absolute atomic E-state index is 0.105. The highest BCUT2D eigenvalue weighted by atomic mass is 32.2. The molecule has 0 unspecified atom stereocenters. The van der Waals surface area contributed by atoms with Gasteiger partial charge >= 0.3 is 5.97 Å². The molecule has 2 aliphatic heterocycles. The number of hydrogen-bond donors (Lipinski definition) is 0. The third-order valence-electron chi connectivity index (χ3n) is 5.83. The number of nitrogens with zero attached hydrogens (tertiary/aromatic N) is 2. The van der Waals surface area contributed by atoms with E-state index in [1.807, 2.05) is 43.3 Å². The van der Waals surface area contributed by atoms with Gasteiger partial charge in [0.1, 0.15) is 0 Å². The topological polar surface area (TPSA) is 84.0 Å². The third kappa shape index (κ3) is 3.76. The second kappa shape index (κ2) is 8.79. The van der Waals surface area contributed by atoms with E-state index in [4.69, 9.17) is 4.74 Å². The number of esters is 1. The number of rotatable bonds is 4. The number of thioether (sulfide) groups is 1. The number of hydrogen-bond acceptors (Lipinski definition) is 6. The summed E-state index contributed by atoms with van der Waals surface area (Å²) in [5.41, 5.74) is 2.56. The van der Waals surface area contributed by atoms with Crippen molar-refractivity contribution in [2.45, 2.75) is 11.8 Å². The zero-order chi connectivity index (χ0) is 23.8. The van der Waals surface area contributed by atoms with E-state index in [1.165, 1.54) is 18.2 Å². The normalized spacial score (nSPS) is 14.6. The summed E-state index contributed by atoms with van der Waals surface area (Å²) in [5.74, 6) is -1.23. The number of fused-ring (bicyclic) bond motifs is 2. The van der Waals surface area contributed by atoms with E-state index in [0.29, 0.717) is 12.2 Å². The molecule has 170 valence electrons. The minimum Gasteiger partial charge on any atom is -0.452 e. The van der Waals surface area contributed by atoms with E-state index in [0.717, 1.165) is 26.8 Å². The van der Waals surface area contributed by atoms with Crippen LogP contribution in [0.2, 0.25) is 0 Å². The zero-order valence-corrected chi connectivity index (χ0v) is 19.1. The van der Waals surface area contributed by atoms with Crippen LogP contribution in [0.3, 0.4) is 0 Å². The number of imide groups is 1. The van der Waals surface area contributed by atoms with Crippen molar-refractivity contribution in [1.29, 1.82) is 0 Å². The zero-order valence-electron chi connectivity index (χ0n) is 18.3. The van der Waals surface area contributed by atoms with Crippen LogP contribution in [0.1, 0.15) is 36.6 Å². The van der Waals surface area contributed by atoms with Crippen molar-refractivity contribution in [3.8, 4) is 0 Å². The smallest absolute Gasteiger partial charge is 0.338 e. The van der Waals surface area contributed by atoms with E-state index in [2.05, 4.69) is 0 Å². The summed E-state index contributed by atoms with van der Waals surface area (Å²) in [6.45, 7) is 1.93. The molecule has 0 aliphatic carbocycles. The SMILES string of the molecule is Cc1ccccc1N1C(=O)c2ccc(C(=O)OCC(=O)N3CCSc4ccccc43)cc2C1=O. The molecule has 5 rings (SSSR count). The Balaban J connectivity index is 1.31. The second-order valence-corrected chi connectivity index (χ2v) is 9.07. The molecule has 0 saturated carbocycles. The van der Waals surface area contributed by atoms with Gasteiger partial charge in [0.25, 0.3) is 17.7 Å². The summed E-state index contributed by atoms with van der Waals surface area (Å²) in [7, 11) is 0. The number of aryl methyl sites for hydroxylation is 1. The number of carbonyl (C=O) groups is 4. The van der Waals surface area contributed by atoms with E-state index >= 15 is 0 Å². The predicted molar refractivity (Wildman–Crippen MR) is 129 cm³/mol. The lowest BCUT2D eigenvalue weighted by molar-refractivity contribution is -0.121. The maximum absolute atomic E-state index is 13.0. The van der Waals surface area contributed by atoms with Gasteiger partial charge in [0.2, 0.25) is 0 Å². The van der Waals surface area contributed by atoms with Crippen LogP contribution >= 0.6 is 11.8 Å². The lowest BCUT2D eigenvalue weighted by atomic mass is 10.1. The van der Waals surface area contributed by atoms with Gasteiger partial charge in [-0.3, -0.25) is 14.4 Å². The number of benzene rings is 3. The Morgan fingerprint density at radius 3 is 2.41 bits per heavy atom. The summed E-state index contributed by atoms with van der Waals surface area (Å²) in [6.07, 6.45) is 0. The highest BCUT2D eigenvalue weighted by Crippen LogP contribution is 2.34. The van der Waals surface area contributed by atoms with Gasteiger partial charge in [0.15, 0.2) is 6.61 Å². The molecule has 8 heteroatoms. The number of amides is 3. The van der Waals surface area contributed by atoms with Crippen LogP contribution in [-0.2, 0) is 9.53 Å². The predicted octanol–water partition coefficient (Wildman–Crippen LogP) is 4.09. The van der Waals surface area contributed by atoms with Crippen LogP contribution in [-0.4, -0.2) is 42.6 Å². The fraction of sp³-hybridized carbons (Fsp3) is 0.154. The first-order chi connectivity index (χ1) is 16.5. The summed E-state index contributed by atoms with van der Waals surface area (Å²) in [4.78, 5) is 55.0. The molecule has 0 N–H and O–H groups in total. The molecule has 2 heterocycles. The highest BCUT2D eigenvalue weighted by molar-refractivity contribution is 7.99. The molecular formula is C26H20N2O5S. The molecule has 3 amide bonds. The Bertz CT molecular complexity index is 1350. The van der Waals surface area contributed by atoms with Gasteiger partial charge in [-0.15, -0.1) is 11.8 Å². The first kappa shape index (κ1) is 21.9. The summed E-state index contributed by atoms with van der Waals surface area (Å²) < 4.78 is 5.26. The maximum Gasteiger partial charge on any atom is 0.338 e. The van der Waals surface area contributed by atoms with Gasteiger partial charge in [-0.25, -0.2) is 9.69 Å². The quantitative estimate of drug-likeness (QED) is 0.420. The van der Waals surface area contributed by atoms with Crippen molar-refractivity contribution in [2.24, 2.45) is 0 Å². The van der Waals surface area contributed by atoms with Crippen molar-refractivity contribution in [1.82, 2.24) is 0 Å². The molecule has 0 aromatic heterocycles. The van der Waals surface area contributed by atoms with Gasteiger partial charge in [0, 0.05) is 17.2 Å². The molecule has 0 atom stereocenters. The van der Waals surface area contributed by atoms with E-state index in [9.17, 15) is 19.2 Å². The molecule has 3 aromatic carbocycles. The number of para-hydroxylation sites is 2. The standard InChI is InChI=1S/C26H20N2O5S/c1-16-6-2-3-7-20(16)28-24(30)18-11-10-17(14-19(18)25(28)31)26(32)33-15-23(29)27-12-13-34-22-9-5-4-8-21(22)27/h2-11,14H,12-13,15H2,1H3. The number of carbonyl (C=O) groups excluding carboxylic acids is 4. The van der Waals surface area contributed by atoms with Gasteiger partial charge in [-0.05, 0) is 48.9 Å². The minimum atomic E-state index is -0.731. The first-order valence-corrected chi connectivity index (χ1v) is 11.7. The Morgan fingerprint density at radius 2 is 1.62 bits per heavy atom. The van der Waals surface area contributed by atoms with Gasteiger partial charge in [-0.1, -0.05) is 30.3 Å². The largest absolute Gasteiger partial charge is 0.452 e. The molecule has 3 aromatic rings. The van der Waals surface area contributed by atoms with Crippen molar-refractivity contribution in [3.05, 3.63) is 89.0 Å². The van der Waals surface area contributed by atoms with Crippen LogP contribution in [0.25, 0.3) is 0 Å².